The zero-order valence-electron chi connectivity index (χ0n) is 12.7. The highest BCUT2D eigenvalue weighted by atomic mass is 16.8. The second-order valence-corrected chi connectivity index (χ2v) is 5.85. The number of allylic oxidation sites excluding steroid dienone is 1. The van der Waals surface area contributed by atoms with Crippen molar-refractivity contribution in [3.63, 3.8) is 0 Å². The number of fused-ring (bicyclic) bond motifs is 1. The van der Waals surface area contributed by atoms with E-state index in [0.717, 1.165) is 11.8 Å². The summed E-state index contributed by atoms with van der Waals surface area (Å²) in [6.45, 7) is 4.16. The van der Waals surface area contributed by atoms with Crippen molar-refractivity contribution in [3.8, 4) is 0 Å². The normalized spacial score (nSPS) is 33.2. The van der Waals surface area contributed by atoms with Gasteiger partial charge in [-0.3, -0.25) is 4.79 Å². The standard InChI is InChI=1S/C17H20O5/c1-17(2)21-14-13(9-6-10-18)20-16(15(14)22-17)19-11-12-7-4-3-5-8-12/h3-10,13-16H,11H2,1-2H3/b9-6+/t13-,14+,15+,16+/m0/s1. The van der Waals surface area contributed by atoms with Gasteiger partial charge in [0, 0.05) is 0 Å². The molecule has 22 heavy (non-hydrogen) atoms. The Morgan fingerprint density at radius 3 is 2.64 bits per heavy atom. The van der Waals surface area contributed by atoms with Crippen molar-refractivity contribution in [2.75, 3.05) is 0 Å². The van der Waals surface area contributed by atoms with Gasteiger partial charge in [-0.05, 0) is 31.6 Å². The van der Waals surface area contributed by atoms with E-state index < -0.39 is 12.1 Å². The predicted octanol–water partition coefficient (Wildman–Crippen LogP) is 2.20. The highest BCUT2D eigenvalue weighted by molar-refractivity contribution is 5.64. The quantitative estimate of drug-likeness (QED) is 0.616. The summed E-state index contributed by atoms with van der Waals surface area (Å²) >= 11 is 0. The molecule has 4 atom stereocenters. The first-order valence-corrected chi connectivity index (χ1v) is 7.38. The number of hydrogen-bond acceptors (Lipinski definition) is 5. The smallest absolute Gasteiger partial charge is 0.187 e. The topological polar surface area (TPSA) is 54.0 Å². The zero-order chi connectivity index (χ0) is 15.6. The molecule has 1 aromatic carbocycles. The van der Waals surface area contributed by atoms with Gasteiger partial charge >= 0.3 is 0 Å². The second-order valence-electron chi connectivity index (χ2n) is 5.85. The molecule has 2 saturated heterocycles. The van der Waals surface area contributed by atoms with Crippen molar-refractivity contribution < 1.29 is 23.7 Å². The van der Waals surface area contributed by atoms with Crippen LogP contribution in [0.3, 0.4) is 0 Å². The van der Waals surface area contributed by atoms with Crippen LogP contribution in [0.1, 0.15) is 19.4 Å². The molecule has 0 bridgehead atoms. The third-order valence-electron chi connectivity index (χ3n) is 3.68. The Balaban J connectivity index is 1.68. The molecule has 5 nitrogen and oxygen atoms in total. The van der Waals surface area contributed by atoms with Gasteiger partial charge in [0.2, 0.25) is 0 Å². The van der Waals surface area contributed by atoms with Gasteiger partial charge in [0.05, 0.1) is 6.61 Å². The number of ether oxygens (including phenoxy) is 4. The monoisotopic (exact) mass is 304 g/mol. The fourth-order valence-corrected chi connectivity index (χ4v) is 2.79. The molecular weight excluding hydrogens is 284 g/mol. The van der Waals surface area contributed by atoms with E-state index in [2.05, 4.69) is 0 Å². The number of rotatable bonds is 5. The largest absolute Gasteiger partial charge is 0.345 e. The van der Waals surface area contributed by atoms with Crippen LogP contribution in [0.2, 0.25) is 0 Å². The van der Waals surface area contributed by atoms with Crippen molar-refractivity contribution in [2.45, 2.75) is 50.8 Å². The van der Waals surface area contributed by atoms with E-state index in [1.54, 1.807) is 6.08 Å². The van der Waals surface area contributed by atoms with Gasteiger partial charge in [0.25, 0.3) is 0 Å². The highest BCUT2D eigenvalue weighted by Gasteiger charge is 2.55. The minimum absolute atomic E-state index is 0.271. The molecule has 5 heteroatoms. The van der Waals surface area contributed by atoms with E-state index in [-0.39, 0.29) is 18.3 Å². The fourth-order valence-electron chi connectivity index (χ4n) is 2.79. The van der Waals surface area contributed by atoms with Gasteiger partial charge in [-0.25, -0.2) is 0 Å². The minimum atomic E-state index is -0.680. The third kappa shape index (κ3) is 3.28. The molecule has 0 aliphatic carbocycles. The molecule has 0 aromatic heterocycles. The van der Waals surface area contributed by atoms with Crippen molar-refractivity contribution >= 4 is 6.29 Å². The number of benzene rings is 1. The Morgan fingerprint density at radius 1 is 1.18 bits per heavy atom. The van der Waals surface area contributed by atoms with Crippen LogP contribution in [0, 0.1) is 0 Å². The third-order valence-corrected chi connectivity index (χ3v) is 3.68. The molecule has 2 aliphatic rings. The molecule has 2 aliphatic heterocycles. The van der Waals surface area contributed by atoms with E-state index in [9.17, 15) is 4.79 Å². The number of carbonyl (C=O) groups excluding carboxylic acids is 1. The molecule has 2 heterocycles. The van der Waals surface area contributed by atoms with Crippen molar-refractivity contribution in [3.05, 3.63) is 48.0 Å². The second kappa shape index (κ2) is 6.30. The Kier molecular flexibility index (Phi) is 4.40. The maximum atomic E-state index is 10.5. The number of carbonyl (C=O) groups is 1. The summed E-state index contributed by atoms with van der Waals surface area (Å²) in [6, 6.07) is 9.87. The molecule has 0 saturated carbocycles. The van der Waals surface area contributed by atoms with E-state index in [1.165, 1.54) is 6.08 Å². The van der Waals surface area contributed by atoms with Crippen LogP contribution in [0.15, 0.2) is 42.5 Å². The summed E-state index contributed by atoms with van der Waals surface area (Å²) in [5.74, 6) is -0.680. The SMILES string of the molecule is CC1(C)O[C@H]2[C@H](OCc3ccccc3)O[C@@H](/C=C/C=O)[C@H]2O1. The molecule has 1 aromatic rings. The van der Waals surface area contributed by atoms with Crippen LogP contribution in [-0.4, -0.2) is 36.7 Å². The van der Waals surface area contributed by atoms with Gasteiger partial charge in [-0.2, -0.15) is 0 Å². The molecule has 0 N–H and O–H groups in total. The molecule has 0 radical (unpaired) electrons. The lowest BCUT2D eigenvalue weighted by molar-refractivity contribution is -0.231. The van der Waals surface area contributed by atoms with Gasteiger partial charge in [0.1, 0.15) is 24.6 Å². The molecule has 118 valence electrons. The van der Waals surface area contributed by atoms with Crippen molar-refractivity contribution in [2.24, 2.45) is 0 Å². The highest BCUT2D eigenvalue weighted by Crippen LogP contribution is 2.39. The summed E-state index contributed by atoms with van der Waals surface area (Å²) in [7, 11) is 0. The van der Waals surface area contributed by atoms with Crippen LogP contribution >= 0.6 is 0 Å². The first-order valence-electron chi connectivity index (χ1n) is 7.38. The molecule has 0 spiro atoms. The van der Waals surface area contributed by atoms with E-state index >= 15 is 0 Å². The first-order chi connectivity index (χ1) is 10.6. The van der Waals surface area contributed by atoms with Crippen LogP contribution in [-0.2, 0) is 30.3 Å². The molecule has 2 fully saturated rings. The summed E-state index contributed by atoms with van der Waals surface area (Å²) < 4.78 is 23.4. The summed E-state index contributed by atoms with van der Waals surface area (Å²) in [4.78, 5) is 10.5. The van der Waals surface area contributed by atoms with Gasteiger partial charge in [0.15, 0.2) is 12.1 Å². The maximum absolute atomic E-state index is 10.5. The average molecular weight is 304 g/mol. The Labute approximate surface area is 129 Å². The van der Waals surface area contributed by atoms with E-state index in [0.29, 0.717) is 6.61 Å². The number of hydrogen-bond donors (Lipinski definition) is 0. The van der Waals surface area contributed by atoms with Gasteiger partial charge in [-0.15, -0.1) is 0 Å². The first kappa shape index (κ1) is 15.4. The molecule has 0 amide bonds. The Bertz CT molecular complexity index is 539. The number of aldehydes is 1. The summed E-state index contributed by atoms with van der Waals surface area (Å²) in [5, 5.41) is 0. The lowest BCUT2D eigenvalue weighted by atomic mass is 10.1. The Hall–Kier alpha value is -1.53. The molecule has 3 rings (SSSR count). The van der Waals surface area contributed by atoms with Gasteiger partial charge in [-0.1, -0.05) is 30.3 Å². The Morgan fingerprint density at radius 2 is 1.91 bits per heavy atom. The van der Waals surface area contributed by atoms with Gasteiger partial charge < -0.3 is 18.9 Å². The lowest BCUT2D eigenvalue weighted by Gasteiger charge is -2.23. The predicted molar refractivity (Wildman–Crippen MR) is 78.9 cm³/mol. The van der Waals surface area contributed by atoms with Crippen molar-refractivity contribution in [1.82, 2.24) is 0 Å². The van der Waals surface area contributed by atoms with Crippen LogP contribution < -0.4 is 0 Å². The van der Waals surface area contributed by atoms with Crippen LogP contribution in [0.25, 0.3) is 0 Å². The van der Waals surface area contributed by atoms with Crippen LogP contribution in [0.5, 0.6) is 0 Å². The van der Waals surface area contributed by atoms with E-state index in [4.69, 9.17) is 18.9 Å². The molecule has 0 unspecified atom stereocenters. The lowest BCUT2D eigenvalue weighted by Crippen LogP contribution is -2.31. The minimum Gasteiger partial charge on any atom is -0.345 e. The van der Waals surface area contributed by atoms with Crippen LogP contribution in [0.4, 0.5) is 0 Å². The van der Waals surface area contributed by atoms with E-state index in [1.807, 2.05) is 44.2 Å². The zero-order valence-corrected chi connectivity index (χ0v) is 12.7. The fraction of sp³-hybridized carbons (Fsp3) is 0.471. The summed E-state index contributed by atoms with van der Waals surface area (Å²) in [6.07, 6.45) is 2.37. The average Bonchev–Trinajstić information content (AvgIpc) is 2.98. The summed E-state index contributed by atoms with van der Waals surface area (Å²) in [5.41, 5.74) is 1.06. The van der Waals surface area contributed by atoms with Crippen molar-refractivity contribution in [1.29, 1.82) is 0 Å². The molecular formula is C17H20O5. The maximum Gasteiger partial charge on any atom is 0.187 e.